The zero-order valence-corrected chi connectivity index (χ0v) is 11.1. The number of nitrogens with one attached hydrogen (secondary N) is 2. The molecule has 2 N–H and O–H groups in total. The molecule has 0 aliphatic carbocycles. The van der Waals surface area contributed by atoms with Gasteiger partial charge < -0.3 is 15.6 Å². The first-order chi connectivity index (χ1) is 9.08. The molecule has 0 amide bonds. The van der Waals surface area contributed by atoms with E-state index in [0.717, 1.165) is 26.2 Å². The molecule has 1 aliphatic heterocycles. The first kappa shape index (κ1) is 13.5. The van der Waals surface area contributed by atoms with E-state index >= 15 is 0 Å². The summed E-state index contributed by atoms with van der Waals surface area (Å²) in [4.78, 5) is 16.9. The highest BCUT2D eigenvalue weighted by Gasteiger charge is 2.16. The number of likely N-dealkylation sites (N-methyl/N-ethyl adjacent to an activating group) is 1. The minimum atomic E-state index is -0.419. The normalized spacial score (nSPS) is 17.2. The number of hydrazine groups is 1. The van der Waals surface area contributed by atoms with Gasteiger partial charge in [0.2, 0.25) is 0 Å². The fraction of sp³-hybridized carbons (Fsp3) is 0.545. The van der Waals surface area contributed by atoms with E-state index < -0.39 is 4.92 Å². The van der Waals surface area contributed by atoms with E-state index in [1.165, 1.54) is 12.1 Å². The Morgan fingerprint density at radius 3 is 2.47 bits per heavy atom. The summed E-state index contributed by atoms with van der Waals surface area (Å²) in [7, 11) is 3.76. The van der Waals surface area contributed by atoms with Gasteiger partial charge in [-0.25, -0.2) is 9.99 Å². The fourth-order valence-electron chi connectivity index (χ4n) is 1.89. The van der Waals surface area contributed by atoms with E-state index in [0.29, 0.717) is 11.6 Å². The molecule has 104 valence electrons. The van der Waals surface area contributed by atoms with Crippen molar-refractivity contribution >= 4 is 17.3 Å². The summed E-state index contributed by atoms with van der Waals surface area (Å²) in [5, 5.41) is 15.7. The van der Waals surface area contributed by atoms with Crippen LogP contribution >= 0.6 is 0 Å². The molecule has 0 radical (unpaired) electrons. The summed E-state index contributed by atoms with van der Waals surface area (Å²) >= 11 is 0. The maximum atomic E-state index is 10.9. The fourth-order valence-corrected chi connectivity index (χ4v) is 1.89. The summed E-state index contributed by atoms with van der Waals surface area (Å²) in [6, 6.07) is 2.86. The smallest absolute Gasteiger partial charge is 0.276 e. The number of nitrogens with zero attached hydrogens (tertiary/aromatic N) is 4. The van der Waals surface area contributed by atoms with Gasteiger partial charge in [0.25, 0.3) is 5.69 Å². The monoisotopic (exact) mass is 266 g/mol. The molecule has 1 aromatic heterocycles. The van der Waals surface area contributed by atoms with Gasteiger partial charge >= 0.3 is 0 Å². The first-order valence-electron chi connectivity index (χ1n) is 6.13. The lowest BCUT2D eigenvalue weighted by Crippen LogP contribution is -2.47. The first-order valence-corrected chi connectivity index (χ1v) is 6.13. The van der Waals surface area contributed by atoms with Crippen LogP contribution in [0.1, 0.15) is 0 Å². The molecule has 1 fully saturated rings. The Morgan fingerprint density at radius 1 is 1.26 bits per heavy atom. The number of hydrogen-bond donors (Lipinski definition) is 2. The van der Waals surface area contributed by atoms with Crippen LogP contribution in [0.15, 0.2) is 12.1 Å². The van der Waals surface area contributed by atoms with Gasteiger partial charge in [-0.3, -0.25) is 10.1 Å². The molecule has 1 aliphatic rings. The van der Waals surface area contributed by atoms with Gasteiger partial charge in [-0.2, -0.15) is 0 Å². The molecule has 2 rings (SSSR count). The average molecular weight is 266 g/mol. The highest BCUT2D eigenvalue weighted by Crippen LogP contribution is 2.20. The number of hydrogen-bond acceptors (Lipinski definition) is 7. The van der Waals surface area contributed by atoms with Crippen molar-refractivity contribution in [2.45, 2.75) is 0 Å². The molecule has 8 nitrogen and oxygen atoms in total. The van der Waals surface area contributed by atoms with Crippen LogP contribution in [0, 0.1) is 10.1 Å². The quantitative estimate of drug-likeness (QED) is 0.609. The number of nitro groups is 1. The Hall–Kier alpha value is -1.93. The number of aromatic nitrogens is 1. The van der Waals surface area contributed by atoms with Crippen LogP contribution < -0.4 is 10.7 Å². The third-order valence-electron chi connectivity index (χ3n) is 3.05. The predicted octanol–water partition coefficient (Wildman–Crippen LogP) is 0.606. The van der Waals surface area contributed by atoms with Crippen molar-refractivity contribution in [3.05, 3.63) is 22.2 Å². The number of pyridine rings is 1. The van der Waals surface area contributed by atoms with Crippen molar-refractivity contribution < 1.29 is 4.92 Å². The van der Waals surface area contributed by atoms with Gasteiger partial charge in [0.15, 0.2) is 0 Å². The maximum Gasteiger partial charge on any atom is 0.276 e. The Labute approximate surface area is 111 Å². The molecule has 0 bridgehead atoms. The summed E-state index contributed by atoms with van der Waals surface area (Å²) in [5.74, 6) is 0.967. The second kappa shape index (κ2) is 5.81. The lowest BCUT2D eigenvalue weighted by atomic mass is 10.3. The number of rotatable bonds is 4. The van der Waals surface area contributed by atoms with Crippen molar-refractivity contribution in [2.24, 2.45) is 0 Å². The van der Waals surface area contributed by atoms with Crippen LogP contribution in [0.3, 0.4) is 0 Å². The number of anilines is 2. The molecular formula is C11H18N6O2. The topological polar surface area (TPSA) is 86.6 Å². The van der Waals surface area contributed by atoms with Gasteiger partial charge in [0, 0.05) is 33.2 Å². The molecule has 0 unspecified atom stereocenters. The van der Waals surface area contributed by atoms with Gasteiger partial charge in [-0.05, 0) is 7.05 Å². The molecule has 0 aromatic carbocycles. The van der Waals surface area contributed by atoms with Crippen molar-refractivity contribution in [2.75, 3.05) is 51.0 Å². The van der Waals surface area contributed by atoms with E-state index in [1.54, 1.807) is 7.05 Å². The van der Waals surface area contributed by atoms with Crippen LogP contribution in [-0.2, 0) is 0 Å². The molecule has 8 heteroatoms. The second-order valence-corrected chi connectivity index (χ2v) is 4.51. The zero-order valence-electron chi connectivity index (χ0n) is 11.1. The van der Waals surface area contributed by atoms with Gasteiger partial charge in [0.05, 0.1) is 17.1 Å². The summed E-state index contributed by atoms with van der Waals surface area (Å²) < 4.78 is 0. The average Bonchev–Trinajstić information content (AvgIpc) is 2.41. The predicted molar refractivity (Wildman–Crippen MR) is 73.1 cm³/mol. The molecule has 19 heavy (non-hydrogen) atoms. The SMILES string of the molecule is CNc1cc([N+](=O)[O-])cc(NN2CCN(C)CC2)n1. The largest absolute Gasteiger partial charge is 0.373 e. The van der Waals surface area contributed by atoms with E-state index in [4.69, 9.17) is 0 Å². The van der Waals surface area contributed by atoms with E-state index in [2.05, 4.69) is 27.7 Å². The Kier molecular flexibility index (Phi) is 4.13. The van der Waals surface area contributed by atoms with Gasteiger partial charge in [-0.15, -0.1) is 0 Å². The minimum absolute atomic E-state index is 0.0241. The van der Waals surface area contributed by atoms with Crippen molar-refractivity contribution in [1.82, 2.24) is 14.9 Å². The summed E-state index contributed by atoms with van der Waals surface area (Å²) in [6.07, 6.45) is 0. The Balaban J connectivity index is 2.10. The Morgan fingerprint density at radius 2 is 1.89 bits per heavy atom. The third kappa shape index (κ3) is 3.52. The van der Waals surface area contributed by atoms with Crippen molar-refractivity contribution in [1.29, 1.82) is 0 Å². The lowest BCUT2D eigenvalue weighted by Gasteiger charge is -2.32. The molecular weight excluding hydrogens is 248 g/mol. The van der Waals surface area contributed by atoms with E-state index in [9.17, 15) is 10.1 Å². The summed E-state index contributed by atoms with van der Waals surface area (Å²) in [5.41, 5.74) is 3.15. The molecule has 1 saturated heterocycles. The van der Waals surface area contributed by atoms with Crippen LogP contribution in [0.25, 0.3) is 0 Å². The molecule has 1 aromatic rings. The van der Waals surface area contributed by atoms with Crippen molar-refractivity contribution in [3.63, 3.8) is 0 Å². The van der Waals surface area contributed by atoms with Crippen LogP contribution in [0.4, 0.5) is 17.3 Å². The molecule has 2 heterocycles. The number of piperazine rings is 1. The molecule has 0 atom stereocenters. The summed E-state index contributed by atoms with van der Waals surface area (Å²) in [6.45, 7) is 3.63. The lowest BCUT2D eigenvalue weighted by molar-refractivity contribution is -0.384. The molecule has 0 spiro atoms. The molecule has 0 saturated carbocycles. The second-order valence-electron chi connectivity index (χ2n) is 4.51. The van der Waals surface area contributed by atoms with Crippen molar-refractivity contribution in [3.8, 4) is 0 Å². The van der Waals surface area contributed by atoms with E-state index in [-0.39, 0.29) is 5.69 Å². The van der Waals surface area contributed by atoms with Gasteiger partial charge in [-0.1, -0.05) is 0 Å². The van der Waals surface area contributed by atoms with Crippen LogP contribution in [0.2, 0.25) is 0 Å². The Bertz CT molecular complexity index is 458. The van der Waals surface area contributed by atoms with E-state index in [1.807, 2.05) is 5.01 Å². The zero-order chi connectivity index (χ0) is 13.8. The third-order valence-corrected chi connectivity index (χ3v) is 3.05. The standard InChI is InChI=1S/C11H18N6O2/c1-12-10-7-9(17(18)19)8-11(13-10)14-16-5-3-15(2)4-6-16/h7-8H,3-6H2,1-2H3,(H2,12,13,14). The van der Waals surface area contributed by atoms with Crippen LogP contribution in [-0.4, -0.2) is 60.1 Å². The minimum Gasteiger partial charge on any atom is -0.373 e. The van der Waals surface area contributed by atoms with Gasteiger partial charge in [0.1, 0.15) is 11.6 Å². The van der Waals surface area contributed by atoms with Crippen LogP contribution in [0.5, 0.6) is 0 Å². The maximum absolute atomic E-state index is 10.9. The highest BCUT2D eigenvalue weighted by atomic mass is 16.6. The highest BCUT2D eigenvalue weighted by molar-refractivity contribution is 5.54.